The van der Waals surface area contributed by atoms with Crippen LogP contribution in [0.5, 0.6) is 5.75 Å². The maximum absolute atomic E-state index is 9.08. The number of benzene rings is 1. The molecular formula is C14H16N2O. The first kappa shape index (κ1) is 10.6. The van der Waals surface area contributed by atoms with E-state index in [0.717, 1.165) is 25.0 Å². The maximum atomic E-state index is 9.08. The molecule has 1 saturated carbocycles. The van der Waals surface area contributed by atoms with Crippen LogP contribution < -0.4 is 10.1 Å². The van der Waals surface area contributed by atoms with Gasteiger partial charge in [0.2, 0.25) is 0 Å². The van der Waals surface area contributed by atoms with Crippen molar-refractivity contribution in [3.8, 4) is 11.8 Å². The summed E-state index contributed by atoms with van der Waals surface area (Å²) in [6, 6.07) is 11.1. The van der Waals surface area contributed by atoms with Gasteiger partial charge in [-0.1, -0.05) is 24.6 Å². The molecule has 3 heteroatoms. The lowest BCUT2D eigenvalue weighted by atomic mass is 10.0. The summed E-state index contributed by atoms with van der Waals surface area (Å²) in [4.78, 5) is 0. The van der Waals surface area contributed by atoms with Gasteiger partial charge in [0, 0.05) is 11.6 Å². The topological polar surface area (TPSA) is 45.0 Å². The SMILES string of the molecule is N#CC1CCCC1NC1COc2ccccc21. The van der Waals surface area contributed by atoms with Gasteiger partial charge in [-0.05, 0) is 18.9 Å². The average Bonchev–Trinajstić information content (AvgIpc) is 2.97. The van der Waals surface area contributed by atoms with Crippen LogP contribution in [-0.4, -0.2) is 12.6 Å². The minimum Gasteiger partial charge on any atom is -0.491 e. The molecule has 1 fully saturated rings. The summed E-state index contributed by atoms with van der Waals surface area (Å²) in [7, 11) is 0. The zero-order valence-electron chi connectivity index (χ0n) is 9.73. The molecule has 3 rings (SSSR count). The van der Waals surface area contributed by atoms with Gasteiger partial charge in [-0.3, -0.25) is 0 Å². The first-order valence-corrected chi connectivity index (χ1v) is 6.26. The minimum absolute atomic E-state index is 0.169. The quantitative estimate of drug-likeness (QED) is 0.845. The molecular weight excluding hydrogens is 212 g/mol. The first-order valence-electron chi connectivity index (χ1n) is 6.26. The van der Waals surface area contributed by atoms with E-state index in [1.54, 1.807) is 0 Å². The van der Waals surface area contributed by atoms with Gasteiger partial charge in [0.25, 0.3) is 0 Å². The van der Waals surface area contributed by atoms with Crippen molar-refractivity contribution in [2.75, 3.05) is 6.61 Å². The van der Waals surface area contributed by atoms with Gasteiger partial charge in [-0.15, -0.1) is 0 Å². The number of hydrogen-bond donors (Lipinski definition) is 1. The lowest BCUT2D eigenvalue weighted by Gasteiger charge is -2.20. The fraction of sp³-hybridized carbons (Fsp3) is 0.500. The molecule has 1 heterocycles. The third kappa shape index (κ3) is 1.89. The Morgan fingerprint density at radius 3 is 3.06 bits per heavy atom. The number of ether oxygens (including phenoxy) is 1. The summed E-state index contributed by atoms with van der Waals surface area (Å²) >= 11 is 0. The predicted molar refractivity (Wildman–Crippen MR) is 64.6 cm³/mol. The molecule has 1 aliphatic carbocycles. The highest BCUT2D eigenvalue weighted by molar-refractivity contribution is 5.39. The maximum Gasteiger partial charge on any atom is 0.124 e. The molecule has 1 N–H and O–H groups in total. The monoisotopic (exact) mass is 228 g/mol. The summed E-state index contributed by atoms with van der Waals surface area (Å²) < 4.78 is 5.64. The number of rotatable bonds is 2. The standard InChI is InChI=1S/C14H16N2O/c15-8-10-4-3-6-12(10)16-13-9-17-14-7-2-1-5-11(13)14/h1-2,5,7,10,12-13,16H,3-4,6,9H2. The van der Waals surface area contributed by atoms with Gasteiger partial charge in [-0.2, -0.15) is 5.26 Å². The Bertz CT molecular complexity index is 452. The highest BCUT2D eigenvalue weighted by Crippen LogP contribution is 2.34. The molecule has 88 valence electrons. The molecule has 0 aromatic heterocycles. The molecule has 1 aromatic carbocycles. The van der Waals surface area contributed by atoms with Gasteiger partial charge >= 0.3 is 0 Å². The Hall–Kier alpha value is -1.53. The number of para-hydroxylation sites is 1. The molecule has 0 radical (unpaired) electrons. The number of nitrogens with zero attached hydrogens (tertiary/aromatic N) is 1. The van der Waals surface area contributed by atoms with Gasteiger partial charge in [-0.25, -0.2) is 0 Å². The molecule has 3 unspecified atom stereocenters. The highest BCUT2D eigenvalue weighted by atomic mass is 16.5. The normalized spacial score (nSPS) is 30.6. The van der Waals surface area contributed by atoms with Crippen LogP contribution in [0.3, 0.4) is 0 Å². The van der Waals surface area contributed by atoms with Crippen molar-refractivity contribution in [2.24, 2.45) is 5.92 Å². The molecule has 0 spiro atoms. The van der Waals surface area contributed by atoms with E-state index in [9.17, 15) is 0 Å². The van der Waals surface area contributed by atoms with E-state index in [4.69, 9.17) is 10.00 Å². The van der Waals surface area contributed by atoms with Crippen LogP contribution in [0.2, 0.25) is 0 Å². The fourth-order valence-corrected chi connectivity index (χ4v) is 2.87. The van der Waals surface area contributed by atoms with E-state index in [1.807, 2.05) is 18.2 Å². The molecule has 2 aliphatic rings. The van der Waals surface area contributed by atoms with Gasteiger partial charge < -0.3 is 10.1 Å². The predicted octanol–water partition coefficient (Wildman–Crippen LogP) is 2.40. The molecule has 1 aromatic rings. The van der Waals surface area contributed by atoms with Gasteiger partial charge in [0.1, 0.15) is 12.4 Å². The minimum atomic E-state index is 0.169. The van der Waals surface area contributed by atoms with E-state index < -0.39 is 0 Å². The Kier molecular flexibility index (Phi) is 2.74. The summed E-state index contributed by atoms with van der Waals surface area (Å²) in [5.41, 5.74) is 1.23. The Morgan fingerprint density at radius 1 is 1.29 bits per heavy atom. The summed E-state index contributed by atoms with van der Waals surface area (Å²) in [5.74, 6) is 1.15. The number of fused-ring (bicyclic) bond motifs is 1. The number of hydrogen-bond acceptors (Lipinski definition) is 3. The van der Waals surface area contributed by atoms with Crippen LogP contribution in [0.15, 0.2) is 24.3 Å². The van der Waals surface area contributed by atoms with Crippen LogP contribution in [0.1, 0.15) is 30.9 Å². The van der Waals surface area contributed by atoms with Crippen molar-refractivity contribution >= 4 is 0 Å². The highest BCUT2D eigenvalue weighted by Gasteiger charge is 2.32. The Morgan fingerprint density at radius 2 is 2.18 bits per heavy atom. The summed E-state index contributed by atoms with van der Waals surface area (Å²) in [6.45, 7) is 0.688. The van der Waals surface area contributed by atoms with Crippen LogP contribution >= 0.6 is 0 Å². The third-order valence-electron chi connectivity index (χ3n) is 3.80. The lowest BCUT2D eigenvalue weighted by molar-refractivity contribution is 0.290. The number of nitrogens with one attached hydrogen (secondary N) is 1. The molecule has 1 aliphatic heterocycles. The largest absolute Gasteiger partial charge is 0.491 e. The van der Waals surface area contributed by atoms with Crippen molar-refractivity contribution < 1.29 is 4.74 Å². The fourth-order valence-electron chi connectivity index (χ4n) is 2.87. The third-order valence-corrected chi connectivity index (χ3v) is 3.80. The van der Waals surface area contributed by atoms with Crippen LogP contribution in [-0.2, 0) is 0 Å². The average molecular weight is 228 g/mol. The van der Waals surface area contributed by atoms with Crippen LogP contribution in [0.4, 0.5) is 0 Å². The van der Waals surface area contributed by atoms with Gasteiger partial charge in [0.15, 0.2) is 0 Å². The second-order valence-electron chi connectivity index (χ2n) is 4.84. The van der Waals surface area contributed by atoms with Gasteiger partial charge in [0.05, 0.1) is 18.0 Å². The second-order valence-corrected chi connectivity index (χ2v) is 4.84. The molecule has 3 atom stereocenters. The molecule has 3 nitrogen and oxygen atoms in total. The van der Waals surface area contributed by atoms with E-state index >= 15 is 0 Å². The second kappa shape index (κ2) is 4.38. The summed E-state index contributed by atoms with van der Waals surface area (Å²) in [5, 5.41) is 12.7. The van der Waals surface area contributed by atoms with Crippen molar-refractivity contribution in [3.05, 3.63) is 29.8 Å². The zero-order chi connectivity index (χ0) is 11.7. The van der Waals surface area contributed by atoms with E-state index in [1.165, 1.54) is 5.56 Å². The van der Waals surface area contributed by atoms with Crippen molar-refractivity contribution in [2.45, 2.75) is 31.3 Å². The lowest BCUT2D eigenvalue weighted by Crippen LogP contribution is -2.35. The van der Waals surface area contributed by atoms with Crippen molar-refractivity contribution in [3.63, 3.8) is 0 Å². The van der Waals surface area contributed by atoms with E-state index in [0.29, 0.717) is 12.6 Å². The number of nitriles is 1. The zero-order valence-corrected chi connectivity index (χ0v) is 9.73. The first-order chi connectivity index (χ1) is 8.38. The van der Waals surface area contributed by atoms with E-state index in [2.05, 4.69) is 17.5 Å². The Balaban J connectivity index is 1.73. The molecule has 17 heavy (non-hydrogen) atoms. The molecule has 0 saturated heterocycles. The van der Waals surface area contributed by atoms with Crippen molar-refractivity contribution in [1.82, 2.24) is 5.32 Å². The van der Waals surface area contributed by atoms with E-state index in [-0.39, 0.29) is 12.0 Å². The summed E-state index contributed by atoms with van der Waals surface area (Å²) in [6.07, 6.45) is 3.30. The molecule has 0 bridgehead atoms. The molecule has 0 amide bonds. The van der Waals surface area contributed by atoms with Crippen LogP contribution in [0.25, 0.3) is 0 Å². The van der Waals surface area contributed by atoms with Crippen LogP contribution in [0, 0.1) is 17.2 Å². The van der Waals surface area contributed by atoms with Crippen molar-refractivity contribution in [1.29, 1.82) is 5.26 Å². The smallest absolute Gasteiger partial charge is 0.124 e. The Labute approximate surface area is 101 Å².